The molecule has 0 aliphatic carbocycles. The Hall–Kier alpha value is -1.79. The van der Waals surface area contributed by atoms with Gasteiger partial charge in [0.05, 0.1) is 12.8 Å². The number of carbonyl (C=O) groups excluding carboxylic acids is 1. The molecular weight excluding hydrogens is 340 g/mol. The number of benzene rings is 1. The van der Waals surface area contributed by atoms with E-state index in [9.17, 15) is 4.79 Å². The van der Waals surface area contributed by atoms with Crippen molar-refractivity contribution in [2.45, 2.75) is 45.6 Å². The molecule has 6 heteroatoms. The monoisotopic (exact) mass is 376 g/mol. The summed E-state index contributed by atoms with van der Waals surface area (Å²) in [5, 5.41) is 5.91. The van der Waals surface area contributed by atoms with E-state index in [1.54, 1.807) is 7.11 Å². The van der Waals surface area contributed by atoms with Crippen molar-refractivity contribution in [2.75, 3.05) is 52.2 Å². The van der Waals surface area contributed by atoms with E-state index in [2.05, 4.69) is 55.2 Å². The number of anilines is 1. The number of nitrogens with zero attached hydrogens (tertiary/aromatic N) is 2. The predicted molar refractivity (Wildman–Crippen MR) is 112 cm³/mol. The lowest BCUT2D eigenvalue weighted by atomic mass is 9.87. The average molecular weight is 377 g/mol. The molecule has 0 saturated carbocycles. The molecule has 6 nitrogen and oxygen atoms in total. The molecule has 2 N–H and O–H groups in total. The highest BCUT2D eigenvalue weighted by molar-refractivity contribution is 5.91. The zero-order valence-electron chi connectivity index (χ0n) is 17.8. The van der Waals surface area contributed by atoms with Crippen molar-refractivity contribution in [1.82, 2.24) is 15.1 Å². The third-order valence-corrected chi connectivity index (χ3v) is 5.32. The Bertz CT molecular complexity index is 619. The van der Waals surface area contributed by atoms with Crippen molar-refractivity contribution in [3.63, 3.8) is 0 Å². The van der Waals surface area contributed by atoms with E-state index >= 15 is 0 Å². The maximum absolute atomic E-state index is 12.3. The maximum Gasteiger partial charge on any atom is 0.319 e. The van der Waals surface area contributed by atoms with Gasteiger partial charge in [0, 0.05) is 38.8 Å². The Labute approximate surface area is 164 Å². The first-order valence-electron chi connectivity index (χ1n) is 9.86. The second kappa shape index (κ2) is 9.42. The minimum atomic E-state index is -0.190. The maximum atomic E-state index is 12.3. The van der Waals surface area contributed by atoms with Gasteiger partial charge in [0.25, 0.3) is 0 Å². The fourth-order valence-electron chi connectivity index (χ4n) is 3.28. The number of hydrogen-bond acceptors (Lipinski definition) is 4. The second-order valence-electron chi connectivity index (χ2n) is 8.52. The summed E-state index contributed by atoms with van der Waals surface area (Å²) in [5.74, 6) is 0.670. The van der Waals surface area contributed by atoms with Gasteiger partial charge >= 0.3 is 6.03 Å². The van der Waals surface area contributed by atoms with Gasteiger partial charge in [0.1, 0.15) is 5.75 Å². The topological polar surface area (TPSA) is 56.8 Å². The molecule has 1 aliphatic heterocycles. The molecule has 0 spiro atoms. The number of piperazine rings is 1. The Morgan fingerprint density at radius 2 is 1.89 bits per heavy atom. The largest absolute Gasteiger partial charge is 0.495 e. The van der Waals surface area contributed by atoms with E-state index < -0.39 is 0 Å². The molecule has 2 amide bonds. The van der Waals surface area contributed by atoms with Crippen LogP contribution in [-0.4, -0.2) is 68.8 Å². The van der Waals surface area contributed by atoms with Crippen molar-refractivity contribution in [2.24, 2.45) is 0 Å². The number of nitrogens with one attached hydrogen (secondary N) is 2. The molecule has 152 valence electrons. The lowest BCUT2D eigenvalue weighted by Gasteiger charge is -2.36. The summed E-state index contributed by atoms with van der Waals surface area (Å²) in [5.41, 5.74) is 1.87. The molecule has 1 heterocycles. The third kappa shape index (κ3) is 6.40. The van der Waals surface area contributed by atoms with Gasteiger partial charge in [0.2, 0.25) is 0 Å². The van der Waals surface area contributed by atoms with Gasteiger partial charge in [-0.05, 0) is 43.5 Å². The number of ether oxygens (including phenoxy) is 1. The van der Waals surface area contributed by atoms with E-state index in [1.807, 2.05) is 18.2 Å². The van der Waals surface area contributed by atoms with E-state index in [0.717, 1.165) is 38.2 Å². The molecule has 0 aromatic heterocycles. The van der Waals surface area contributed by atoms with Crippen LogP contribution in [0.25, 0.3) is 0 Å². The first kappa shape index (κ1) is 21.5. The van der Waals surface area contributed by atoms with Crippen molar-refractivity contribution in [1.29, 1.82) is 0 Å². The van der Waals surface area contributed by atoms with Crippen molar-refractivity contribution < 1.29 is 9.53 Å². The van der Waals surface area contributed by atoms with E-state index in [4.69, 9.17) is 4.74 Å². The molecule has 0 radical (unpaired) electrons. The molecule has 0 bridgehead atoms. The van der Waals surface area contributed by atoms with Gasteiger partial charge in [-0.15, -0.1) is 0 Å². The summed E-state index contributed by atoms with van der Waals surface area (Å²) < 4.78 is 5.39. The minimum absolute atomic E-state index is 0.0110. The van der Waals surface area contributed by atoms with Gasteiger partial charge in [-0.3, -0.25) is 4.90 Å². The molecule has 1 saturated heterocycles. The number of likely N-dealkylation sites (N-methyl/N-ethyl adjacent to an activating group) is 1. The Morgan fingerprint density at radius 3 is 2.48 bits per heavy atom. The molecule has 1 fully saturated rings. The first-order valence-corrected chi connectivity index (χ1v) is 9.86. The Balaban J connectivity index is 1.85. The van der Waals surface area contributed by atoms with Crippen LogP contribution in [0, 0.1) is 0 Å². The molecule has 1 aromatic rings. The van der Waals surface area contributed by atoms with Crippen LogP contribution in [-0.2, 0) is 5.41 Å². The van der Waals surface area contributed by atoms with Crippen molar-refractivity contribution >= 4 is 11.7 Å². The van der Waals surface area contributed by atoms with Gasteiger partial charge in [-0.1, -0.05) is 26.8 Å². The highest BCUT2D eigenvalue weighted by atomic mass is 16.5. The first-order chi connectivity index (χ1) is 12.7. The van der Waals surface area contributed by atoms with Crippen LogP contribution < -0.4 is 15.4 Å². The SMILES string of the molecule is COc1ccc(C(C)(C)C)cc1NC(=O)NCCC(C)N1CCN(C)CC1. The zero-order chi connectivity index (χ0) is 20.0. The van der Waals surface area contributed by atoms with Crippen LogP contribution in [0.1, 0.15) is 39.7 Å². The number of urea groups is 1. The fourth-order valence-corrected chi connectivity index (χ4v) is 3.28. The normalized spacial score (nSPS) is 17.4. The summed E-state index contributed by atoms with van der Waals surface area (Å²) >= 11 is 0. The van der Waals surface area contributed by atoms with Crippen molar-refractivity contribution in [3.8, 4) is 5.75 Å². The molecule has 1 unspecified atom stereocenters. The zero-order valence-corrected chi connectivity index (χ0v) is 17.8. The summed E-state index contributed by atoms with van der Waals surface area (Å²) in [6.45, 7) is 13.8. The van der Waals surface area contributed by atoms with Gasteiger partial charge in [-0.2, -0.15) is 0 Å². The van der Waals surface area contributed by atoms with Gasteiger partial charge in [0.15, 0.2) is 0 Å². The van der Waals surface area contributed by atoms with E-state index in [0.29, 0.717) is 24.0 Å². The minimum Gasteiger partial charge on any atom is -0.495 e. The molecule has 1 aromatic carbocycles. The lowest BCUT2D eigenvalue weighted by molar-refractivity contribution is 0.115. The second-order valence-corrected chi connectivity index (χ2v) is 8.52. The number of methoxy groups -OCH3 is 1. The smallest absolute Gasteiger partial charge is 0.319 e. The van der Waals surface area contributed by atoms with Crippen LogP contribution in [0.2, 0.25) is 0 Å². The highest BCUT2D eigenvalue weighted by Crippen LogP contribution is 2.31. The average Bonchev–Trinajstić information content (AvgIpc) is 2.61. The third-order valence-electron chi connectivity index (χ3n) is 5.32. The van der Waals surface area contributed by atoms with Crippen molar-refractivity contribution in [3.05, 3.63) is 23.8 Å². The Kier molecular flexibility index (Phi) is 7.50. The quantitative estimate of drug-likeness (QED) is 0.801. The summed E-state index contributed by atoms with van der Waals surface area (Å²) in [6.07, 6.45) is 0.941. The number of rotatable bonds is 6. The molecular formula is C21H36N4O2. The van der Waals surface area contributed by atoms with Crippen LogP contribution in [0.4, 0.5) is 10.5 Å². The summed E-state index contributed by atoms with van der Waals surface area (Å²) in [7, 11) is 3.78. The molecule has 1 atom stereocenters. The van der Waals surface area contributed by atoms with Gasteiger partial charge < -0.3 is 20.3 Å². The summed E-state index contributed by atoms with van der Waals surface area (Å²) in [6, 6.07) is 6.22. The number of hydrogen-bond donors (Lipinski definition) is 2. The fraction of sp³-hybridized carbons (Fsp3) is 0.667. The number of carbonyl (C=O) groups is 1. The van der Waals surface area contributed by atoms with Crippen LogP contribution >= 0.6 is 0 Å². The summed E-state index contributed by atoms with van der Waals surface area (Å²) in [4.78, 5) is 17.2. The predicted octanol–water partition coefficient (Wildman–Crippen LogP) is 3.14. The van der Waals surface area contributed by atoms with Crippen LogP contribution in [0.15, 0.2) is 18.2 Å². The standard InChI is InChI=1S/C21H36N4O2/c1-16(25-13-11-24(5)12-14-25)9-10-22-20(26)23-18-15-17(21(2,3)4)7-8-19(18)27-6/h7-8,15-16H,9-14H2,1-6H3,(H2,22,23,26). The number of amides is 2. The lowest BCUT2D eigenvalue weighted by Crippen LogP contribution is -2.48. The molecule has 27 heavy (non-hydrogen) atoms. The Morgan fingerprint density at radius 1 is 1.22 bits per heavy atom. The highest BCUT2D eigenvalue weighted by Gasteiger charge is 2.19. The van der Waals surface area contributed by atoms with Gasteiger partial charge in [-0.25, -0.2) is 4.79 Å². The van der Waals surface area contributed by atoms with Crippen LogP contribution in [0.5, 0.6) is 5.75 Å². The molecule has 2 rings (SSSR count). The van der Waals surface area contributed by atoms with Crippen LogP contribution in [0.3, 0.4) is 0 Å². The van der Waals surface area contributed by atoms with E-state index in [1.165, 1.54) is 0 Å². The molecule has 1 aliphatic rings. The van der Waals surface area contributed by atoms with E-state index in [-0.39, 0.29) is 11.4 Å².